The standard InChI is InChI=1S/C27H37N3O4/c1-6-34-26(33)14-13-24(31)30(20(4)5)18-25(32)29-17-16-28-15-7-8-23(28)27(29)22-11-9-21(10-12-22)19(2)3/h7-12,15,19-20,27H,6,13-14,16-18H2,1-5H3. The fraction of sp³-hybridized carbons (Fsp3) is 0.519. The van der Waals surface area contributed by atoms with Crippen molar-refractivity contribution in [3.05, 3.63) is 59.4 Å². The molecule has 0 bridgehead atoms. The summed E-state index contributed by atoms with van der Waals surface area (Å²) in [4.78, 5) is 41.6. The number of ether oxygens (including phenoxy) is 1. The summed E-state index contributed by atoms with van der Waals surface area (Å²) in [5.41, 5.74) is 3.38. The number of fused-ring (bicyclic) bond motifs is 1. The molecule has 1 atom stereocenters. The lowest BCUT2D eigenvalue weighted by molar-refractivity contribution is -0.147. The van der Waals surface area contributed by atoms with Gasteiger partial charge in [0.1, 0.15) is 6.54 Å². The minimum Gasteiger partial charge on any atom is -0.466 e. The fourth-order valence-electron chi connectivity index (χ4n) is 4.45. The van der Waals surface area contributed by atoms with Crippen molar-refractivity contribution < 1.29 is 19.1 Å². The Kier molecular flexibility index (Phi) is 8.53. The lowest BCUT2D eigenvalue weighted by Crippen LogP contribution is -2.49. The Balaban J connectivity index is 1.80. The molecular weight excluding hydrogens is 430 g/mol. The molecule has 184 valence electrons. The molecule has 0 spiro atoms. The molecule has 0 fully saturated rings. The van der Waals surface area contributed by atoms with Crippen molar-refractivity contribution in [1.82, 2.24) is 14.4 Å². The first-order valence-corrected chi connectivity index (χ1v) is 12.2. The molecule has 7 heteroatoms. The van der Waals surface area contributed by atoms with Gasteiger partial charge in [-0.3, -0.25) is 14.4 Å². The number of benzene rings is 1. The van der Waals surface area contributed by atoms with Crippen LogP contribution in [-0.4, -0.2) is 57.9 Å². The van der Waals surface area contributed by atoms with Gasteiger partial charge in [0.2, 0.25) is 11.8 Å². The van der Waals surface area contributed by atoms with E-state index in [2.05, 4.69) is 48.7 Å². The maximum atomic E-state index is 13.6. The smallest absolute Gasteiger partial charge is 0.306 e. The van der Waals surface area contributed by atoms with Gasteiger partial charge in [-0.05, 0) is 49.9 Å². The number of hydrogen-bond acceptors (Lipinski definition) is 4. The van der Waals surface area contributed by atoms with Crippen LogP contribution in [-0.2, 0) is 25.7 Å². The SMILES string of the molecule is CCOC(=O)CCC(=O)N(CC(=O)N1CCn2cccc2C1c1ccc(C(C)C)cc1)C(C)C. The van der Waals surface area contributed by atoms with E-state index in [1.165, 1.54) is 5.56 Å². The van der Waals surface area contributed by atoms with Gasteiger partial charge in [0.25, 0.3) is 0 Å². The summed E-state index contributed by atoms with van der Waals surface area (Å²) in [7, 11) is 0. The molecule has 1 aliphatic heterocycles. The highest BCUT2D eigenvalue weighted by Gasteiger charge is 2.34. The van der Waals surface area contributed by atoms with Crippen molar-refractivity contribution >= 4 is 17.8 Å². The zero-order chi connectivity index (χ0) is 24.8. The maximum absolute atomic E-state index is 13.6. The van der Waals surface area contributed by atoms with Crippen LogP contribution in [0.25, 0.3) is 0 Å². The van der Waals surface area contributed by atoms with E-state index < -0.39 is 5.97 Å². The van der Waals surface area contributed by atoms with E-state index in [1.807, 2.05) is 31.0 Å². The molecule has 2 aromatic rings. The zero-order valence-corrected chi connectivity index (χ0v) is 21.0. The first-order valence-electron chi connectivity index (χ1n) is 12.2. The van der Waals surface area contributed by atoms with E-state index in [1.54, 1.807) is 11.8 Å². The van der Waals surface area contributed by atoms with Gasteiger partial charge >= 0.3 is 5.97 Å². The molecule has 7 nitrogen and oxygen atoms in total. The number of rotatable bonds is 9. The summed E-state index contributed by atoms with van der Waals surface area (Å²) in [5, 5.41) is 0. The average molecular weight is 468 g/mol. The highest BCUT2D eigenvalue weighted by Crippen LogP contribution is 2.33. The number of carbonyl (C=O) groups is 3. The van der Waals surface area contributed by atoms with Crippen LogP contribution >= 0.6 is 0 Å². The Bertz CT molecular complexity index is 994. The van der Waals surface area contributed by atoms with Gasteiger partial charge in [0.15, 0.2) is 0 Å². The molecule has 1 aromatic carbocycles. The largest absolute Gasteiger partial charge is 0.466 e. The van der Waals surface area contributed by atoms with Gasteiger partial charge in [-0.25, -0.2) is 0 Å². The summed E-state index contributed by atoms with van der Waals surface area (Å²) in [6.45, 7) is 11.4. The zero-order valence-electron chi connectivity index (χ0n) is 21.0. The third-order valence-corrected chi connectivity index (χ3v) is 6.38. The topological polar surface area (TPSA) is 71.8 Å². The van der Waals surface area contributed by atoms with Crippen LogP contribution in [0.5, 0.6) is 0 Å². The number of aromatic nitrogens is 1. The van der Waals surface area contributed by atoms with Crippen LogP contribution in [0.4, 0.5) is 0 Å². The number of nitrogens with zero attached hydrogens (tertiary/aromatic N) is 3. The molecular formula is C27H37N3O4. The van der Waals surface area contributed by atoms with Gasteiger partial charge < -0.3 is 19.1 Å². The Morgan fingerprint density at radius 1 is 1.03 bits per heavy atom. The second kappa shape index (κ2) is 11.4. The first kappa shape index (κ1) is 25.5. The third-order valence-electron chi connectivity index (χ3n) is 6.38. The van der Waals surface area contributed by atoms with E-state index >= 15 is 0 Å². The summed E-state index contributed by atoms with van der Waals surface area (Å²) in [5.74, 6) is -0.270. The summed E-state index contributed by atoms with van der Waals surface area (Å²) >= 11 is 0. The lowest BCUT2D eigenvalue weighted by atomic mass is 9.95. The van der Waals surface area contributed by atoms with Gasteiger partial charge in [0, 0.05) is 37.4 Å². The molecule has 0 saturated carbocycles. The Labute approximate surface area is 202 Å². The molecule has 34 heavy (non-hydrogen) atoms. The first-order chi connectivity index (χ1) is 16.2. The molecule has 0 N–H and O–H groups in total. The van der Waals surface area contributed by atoms with Crippen LogP contribution in [0.2, 0.25) is 0 Å². The van der Waals surface area contributed by atoms with E-state index in [0.29, 0.717) is 19.0 Å². The van der Waals surface area contributed by atoms with Crippen molar-refractivity contribution in [1.29, 1.82) is 0 Å². The predicted octanol–water partition coefficient (Wildman–Crippen LogP) is 4.12. The van der Waals surface area contributed by atoms with Crippen LogP contribution in [0, 0.1) is 0 Å². The predicted molar refractivity (Wildman–Crippen MR) is 131 cm³/mol. The van der Waals surface area contributed by atoms with E-state index in [0.717, 1.165) is 11.3 Å². The van der Waals surface area contributed by atoms with Gasteiger partial charge in [-0.2, -0.15) is 0 Å². The summed E-state index contributed by atoms with van der Waals surface area (Å²) in [6, 6.07) is 12.2. The van der Waals surface area contributed by atoms with Gasteiger partial charge in [-0.15, -0.1) is 0 Å². The second-order valence-corrected chi connectivity index (χ2v) is 9.36. The van der Waals surface area contributed by atoms with Crippen LogP contribution < -0.4 is 0 Å². The molecule has 0 saturated heterocycles. The van der Waals surface area contributed by atoms with Crippen LogP contribution in [0.15, 0.2) is 42.6 Å². The molecule has 1 aromatic heterocycles. The molecule has 1 unspecified atom stereocenters. The van der Waals surface area contributed by atoms with Crippen LogP contribution in [0.3, 0.4) is 0 Å². The van der Waals surface area contributed by atoms with E-state index in [4.69, 9.17) is 4.74 Å². The third kappa shape index (κ3) is 5.88. The number of esters is 1. The minimum absolute atomic E-state index is 0.0133. The highest BCUT2D eigenvalue weighted by atomic mass is 16.5. The van der Waals surface area contributed by atoms with Crippen molar-refractivity contribution in [2.75, 3.05) is 19.7 Å². The lowest BCUT2D eigenvalue weighted by Gasteiger charge is -2.39. The Hall–Kier alpha value is -3.09. The normalized spacial score (nSPS) is 15.4. The van der Waals surface area contributed by atoms with Crippen LogP contribution in [0.1, 0.15) is 76.2 Å². The quantitative estimate of drug-likeness (QED) is 0.520. The van der Waals surface area contributed by atoms with Crippen molar-refractivity contribution in [2.24, 2.45) is 0 Å². The average Bonchev–Trinajstić information content (AvgIpc) is 3.29. The second-order valence-electron chi connectivity index (χ2n) is 9.36. The van der Waals surface area contributed by atoms with Crippen molar-refractivity contribution in [3.8, 4) is 0 Å². The number of amides is 2. The molecule has 3 rings (SSSR count). The van der Waals surface area contributed by atoms with E-state index in [-0.39, 0.29) is 49.9 Å². The monoisotopic (exact) mass is 467 g/mol. The van der Waals surface area contributed by atoms with Crippen molar-refractivity contribution in [3.63, 3.8) is 0 Å². The minimum atomic E-state index is -0.396. The van der Waals surface area contributed by atoms with Gasteiger partial charge in [-0.1, -0.05) is 38.1 Å². The highest BCUT2D eigenvalue weighted by molar-refractivity contribution is 5.87. The fourth-order valence-corrected chi connectivity index (χ4v) is 4.45. The molecule has 2 amide bonds. The Morgan fingerprint density at radius 3 is 2.35 bits per heavy atom. The number of carbonyl (C=O) groups excluding carboxylic acids is 3. The number of hydrogen-bond donors (Lipinski definition) is 0. The Morgan fingerprint density at radius 2 is 1.74 bits per heavy atom. The summed E-state index contributed by atoms with van der Waals surface area (Å²) in [6.07, 6.45) is 2.10. The molecule has 0 aliphatic carbocycles. The summed E-state index contributed by atoms with van der Waals surface area (Å²) < 4.78 is 7.12. The van der Waals surface area contributed by atoms with Crippen molar-refractivity contribution in [2.45, 2.75) is 72.0 Å². The molecule has 2 heterocycles. The molecule has 0 radical (unpaired) electrons. The molecule has 1 aliphatic rings. The van der Waals surface area contributed by atoms with Gasteiger partial charge in [0.05, 0.1) is 19.1 Å². The maximum Gasteiger partial charge on any atom is 0.306 e. The van der Waals surface area contributed by atoms with E-state index in [9.17, 15) is 14.4 Å².